The number of nitrogens with zero attached hydrogens (tertiary/aromatic N) is 1. The van der Waals surface area contributed by atoms with Gasteiger partial charge in [0.1, 0.15) is 5.82 Å². The Morgan fingerprint density at radius 2 is 1.72 bits per heavy atom. The molecule has 2 fully saturated rings. The first kappa shape index (κ1) is 18.4. The molecule has 2 aliphatic rings. The maximum Gasteiger partial charge on any atom is 0.225 e. The fraction of sp³-hybridized carbons (Fsp3) is 0.682. The Balaban J connectivity index is 1.62. The molecule has 1 aromatic carbocycles. The number of halogens is 1. The molecular formula is C22H32FNO. The highest BCUT2D eigenvalue weighted by molar-refractivity contribution is 5.79. The molecule has 1 unspecified atom stereocenters. The lowest BCUT2D eigenvalue weighted by molar-refractivity contribution is -0.137. The molecule has 0 bridgehead atoms. The molecule has 3 heteroatoms. The van der Waals surface area contributed by atoms with E-state index >= 15 is 0 Å². The molecule has 3 rings (SSSR count). The van der Waals surface area contributed by atoms with E-state index in [4.69, 9.17) is 0 Å². The van der Waals surface area contributed by atoms with Gasteiger partial charge >= 0.3 is 0 Å². The van der Waals surface area contributed by atoms with Crippen LogP contribution in [0.4, 0.5) is 4.39 Å². The Labute approximate surface area is 151 Å². The Kier molecular flexibility index (Phi) is 6.14. The highest BCUT2D eigenvalue weighted by atomic mass is 19.1. The van der Waals surface area contributed by atoms with Gasteiger partial charge in [-0.2, -0.15) is 0 Å². The molecule has 0 N–H and O–H groups in total. The van der Waals surface area contributed by atoms with Crippen molar-refractivity contribution >= 4 is 5.91 Å². The lowest BCUT2D eigenvalue weighted by Crippen LogP contribution is -2.40. The maximum absolute atomic E-state index is 13.2. The van der Waals surface area contributed by atoms with Crippen molar-refractivity contribution in [2.24, 2.45) is 17.8 Å². The van der Waals surface area contributed by atoms with E-state index in [1.54, 1.807) is 12.1 Å². The van der Waals surface area contributed by atoms with Crippen molar-refractivity contribution in [1.29, 1.82) is 0 Å². The number of hydrogen-bond acceptors (Lipinski definition) is 1. The van der Waals surface area contributed by atoms with Crippen LogP contribution in [0.2, 0.25) is 0 Å². The molecule has 1 amide bonds. The van der Waals surface area contributed by atoms with Crippen molar-refractivity contribution in [1.82, 2.24) is 4.90 Å². The summed E-state index contributed by atoms with van der Waals surface area (Å²) >= 11 is 0. The van der Waals surface area contributed by atoms with E-state index in [-0.39, 0.29) is 11.7 Å². The van der Waals surface area contributed by atoms with Gasteiger partial charge in [-0.15, -0.1) is 0 Å². The Morgan fingerprint density at radius 1 is 1.04 bits per heavy atom. The Morgan fingerprint density at radius 3 is 2.36 bits per heavy atom. The number of amides is 1. The van der Waals surface area contributed by atoms with Crippen LogP contribution in [0.15, 0.2) is 24.3 Å². The van der Waals surface area contributed by atoms with Crippen molar-refractivity contribution in [3.05, 3.63) is 35.6 Å². The normalized spacial score (nSPS) is 28.0. The van der Waals surface area contributed by atoms with E-state index in [1.807, 2.05) is 12.1 Å². The maximum atomic E-state index is 13.2. The lowest BCUT2D eigenvalue weighted by atomic mass is 9.76. The summed E-state index contributed by atoms with van der Waals surface area (Å²) in [4.78, 5) is 15.2. The second-order valence-electron chi connectivity index (χ2n) is 8.38. The summed E-state index contributed by atoms with van der Waals surface area (Å²) in [5.74, 6) is 2.28. The van der Waals surface area contributed by atoms with Crippen LogP contribution in [-0.2, 0) is 4.79 Å². The molecule has 1 saturated carbocycles. The average molecular weight is 346 g/mol. The molecule has 2 nitrogen and oxygen atoms in total. The first-order valence-corrected chi connectivity index (χ1v) is 10.1. The SMILES string of the molecule is CC(C)C1CCC(C(=O)N2CCCCC(c3ccc(F)cc3)C2)CC1. The van der Waals surface area contributed by atoms with E-state index in [1.165, 1.54) is 18.4 Å². The Hall–Kier alpha value is -1.38. The number of carbonyl (C=O) groups excluding carboxylic acids is 1. The number of hydrogen-bond donors (Lipinski definition) is 0. The summed E-state index contributed by atoms with van der Waals surface area (Å²) in [5.41, 5.74) is 1.17. The minimum atomic E-state index is -0.188. The van der Waals surface area contributed by atoms with Crippen molar-refractivity contribution < 1.29 is 9.18 Å². The minimum absolute atomic E-state index is 0.188. The van der Waals surface area contributed by atoms with Gasteiger partial charge < -0.3 is 4.90 Å². The fourth-order valence-electron chi connectivity index (χ4n) is 4.64. The van der Waals surface area contributed by atoms with Gasteiger partial charge in [-0.3, -0.25) is 4.79 Å². The van der Waals surface area contributed by atoms with Crippen molar-refractivity contribution in [3.8, 4) is 0 Å². The largest absolute Gasteiger partial charge is 0.342 e. The second kappa shape index (κ2) is 8.33. The van der Waals surface area contributed by atoms with Crippen LogP contribution in [0.25, 0.3) is 0 Å². The second-order valence-corrected chi connectivity index (χ2v) is 8.38. The van der Waals surface area contributed by atoms with Gasteiger partial charge in [-0.05, 0) is 68.1 Å². The predicted octanol–water partition coefficient (Wildman–Crippen LogP) is 5.38. The molecule has 1 heterocycles. The van der Waals surface area contributed by atoms with Gasteiger partial charge in [-0.1, -0.05) is 32.4 Å². The van der Waals surface area contributed by atoms with Crippen molar-refractivity contribution in [2.45, 2.75) is 64.7 Å². The van der Waals surface area contributed by atoms with Gasteiger partial charge in [0, 0.05) is 24.9 Å². The third kappa shape index (κ3) is 4.62. The highest BCUT2D eigenvalue weighted by Gasteiger charge is 2.32. The van der Waals surface area contributed by atoms with Crippen LogP contribution in [0.1, 0.15) is 70.3 Å². The minimum Gasteiger partial charge on any atom is -0.342 e. The third-order valence-electron chi connectivity index (χ3n) is 6.39. The molecule has 1 aliphatic carbocycles. The molecular weight excluding hydrogens is 313 g/mol. The van der Waals surface area contributed by atoms with Crippen LogP contribution in [-0.4, -0.2) is 23.9 Å². The molecule has 1 atom stereocenters. The topological polar surface area (TPSA) is 20.3 Å². The lowest BCUT2D eigenvalue weighted by Gasteiger charge is -2.34. The molecule has 1 saturated heterocycles. The van der Waals surface area contributed by atoms with E-state index < -0.39 is 0 Å². The average Bonchev–Trinajstić information content (AvgIpc) is 2.88. The van der Waals surface area contributed by atoms with Gasteiger partial charge in [0.25, 0.3) is 0 Å². The highest BCUT2D eigenvalue weighted by Crippen LogP contribution is 2.35. The summed E-state index contributed by atoms with van der Waals surface area (Å²) in [7, 11) is 0. The van der Waals surface area contributed by atoms with Gasteiger partial charge in [-0.25, -0.2) is 4.39 Å². The summed E-state index contributed by atoms with van der Waals surface area (Å²) < 4.78 is 13.2. The molecule has 0 spiro atoms. The number of likely N-dealkylation sites (tertiary alicyclic amines) is 1. The summed E-state index contributed by atoms with van der Waals surface area (Å²) in [6, 6.07) is 6.86. The first-order valence-electron chi connectivity index (χ1n) is 10.1. The smallest absolute Gasteiger partial charge is 0.225 e. The van der Waals surface area contributed by atoms with Crippen LogP contribution in [0, 0.1) is 23.6 Å². The molecule has 0 aromatic heterocycles. The molecule has 1 aromatic rings. The third-order valence-corrected chi connectivity index (χ3v) is 6.39. The zero-order valence-corrected chi connectivity index (χ0v) is 15.7. The quantitative estimate of drug-likeness (QED) is 0.720. The molecule has 0 radical (unpaired) electrons. The standard InChI is InChI=1S/C22H32FNO/c1-16(2)17-6-8-19(9-7-17)22(25)24-14-4-3-5-20(15-24)18-10-12-21(23)13-11-18/h10-13,16-17,19-20H,3-9,14-15H2,1-2H3. The molecule has 25 heavy (non-hydrogen) atoms. The van der Waals surface area contributed by atoms with Crippen molar-refractivity contribution in [2.75, 3.05) is 13.1 Å². The number of carbonyl (C=O) groups is 1. The van der Waals surface area contributed by atoms with Crippen LogP contribution >= 0.6 is 0 Å². The first-order chi connectivity index (χ1) is 12.0. The predicted molar refractivity (Wildman–Crippen MR) is 99.9 cm³/mol. The summed E-state index contributed by atoms with van der Waals surface area (Å²) in [6.07, 6.45) is 7.83. The van der Waals surface area contributed by atoms with Gasteiger partial charge in [0.05, 0.1) is 0 Å². The number of rotatable bonds is 3. The van der Waals surface area contributed by atoms with Crippen LogP contribution in [0.5, 0.6) is 0 Å². The Bertz CT molecular complexity index is 560. The van der Waals surface area contributed by atoms with E-state index in [9.17, 15) is 9.18 Å². The molecule has 138 valence electrons. The zero-order valence-electron chi connectivity index (χ0n) is 15.7. The van der Waals surface area contributed by atoms with E-state index in [2.05, 4.69) is 18.7 Å². The summed E-state index contributed by atoms with van der Waals surface area (Å²) in [5, 5.41) is 0. The number of benzene rings is 1. The zero-order chi connectivity index (χ0) is 17.8. The van der Waals surface area contributed by atoms with E-state index in [0.717, 1.165) is 57.0 Å². The molecule has 1 aliphatic heterocycles. The van der Waals surface area contributed by atoms with Gasteiger partial charge in [0.15, 0.2) is 0 Å². The van der Waals surface area contributed by atoms with Crippen molar-refractivity contribution in [3.63, 3.8) is 0 Å². The fourth-order valence-corrected chi connectivity index (χ4v) is 4.64. The van der Waals surface area contributed by atoms with E-state index in [0.29, 0.717) is 11.8 Å². The van der Waals surface area contributed by atoms with Crippen LogP contribution in [0.3, 0.4) is 0 Å². The summed E-state index contributed by atoms with van der Waals surface area (Å²) in [6.45, 7) is 6.29. The van der Waals surface area contributed by atoms with Crippen LogP contribution < -0.4 is 0 Å². The monoisotopic (exact) mass is 345 g/mol. The van der Waals surface area contributed by atoms with Gasteiger partial charge in [0.2, 0.25) is 5.91 Å².